The fraction of sp³-hybridized carbons (Fsp3) is 0.143. The molecule has 0 spiro atoms. The molecule has 0 unspecified atom stereocenters. The summed E-state index contributed by atoms with van der Waals surface area (Å²) in [4.78, 5) is 7.67. The van der Waals surface area contributed by atoms with E-state index >= 15 is 0 Å². The van der Waals surface area contributed by atoms with Gasteiger partial charge in [0.2, 0.25) is 5.88 Å². The maximum Gasteiger partial charge on any atom is 0.436 e. The molecule has 0 amide bonds. The van der Waals surface area contributed by atoms with Crippen molar-refractivity contribution in [1.29, 1.82) is 0 Å². The Labute approximate surface area is 138 Å². The molecule has 0 saturated carbocycles. The molecule has 0 aliphatic carbocycles. The van der Waals surface area contributed by atoms with Crippen LogP contribution < -0.4 is 4.74 Å². The van der Waals surface area contributed by atoms with Crippen LogP contribution in [0, 0.1) is 0 Å². The lowest BCUT2D eigenvalue weighted by molar-refractivity contribution is -0.141. The molecule has 124 valence electrons. The van der Waals surface area contributed by atoms with Crippen LogP contribution in [0.1, 0.15) is 11.3 Å². The number of benzene rings is 1. The summed E-state index contributed by atoms with van der Waals surface area (Å²) in [5.74, 6) is 0.325. The van der Waals surface area contributed by atoms with Crippen molar-refractivity contribution in [2.24, 2.45) is 0 Å². The van der Waals surface area contributed by atoms with E-state index in [0.29, 0.717) is 22.2 Å². The third-order valence-electron chi connectivity index (χ3n) is 3.00. The maximum atomic E-state index is 12.7. The van der Waals surface area contributed by atoms with Crippen LogP contribution in [0.4, 0.5) is 13.2 Å². The van der Waals surface area contributed by atoms with Gasteiger partial charge in [0.05, 0.1) is 11.9 Å². The summed E-state index contributed by atoms with van der Waals surface area (Å²) in [5, 5.41) is 7.07. The standard InChI is InChI=1S/C14H9ClF3N5O/c15-10-1-2-11(23-6-12(21-22-23)14(16,17)18)9(5-10)7-24-13-3-4-19-8-20-13/h1-6,8H,7H2. The van der Waals surface area contributed by atoms with Gasteiger partial charge >= 0.3 is 6.18 Å². The van der Waals surface area contributed by atoms with Crippen molar-refractivity contribution in [2.75, 3.05) is 0 Å². The minimum Gasteiger partial charge on any atom is -0.473 e. The minimum absolute atomic E-state index is 0.0358. The topological polar surface area (TPSA) is 65.7 Å². The van der Waals surface area contributed by atoms with Gasteiger partial charge in [-0.2, -0.15) is 13.2 Å². The number of hydrogen-bond acceptors (Lipinski definition) is 5. The van der Waals surface area contributed by atoms with E-state index in [0.717, 1.165) is 10.9 Å². The van der Waals surface area contributed by atoms with Crippen LogP contribution in [0.3, 0.4) is 0 Å². The van der Waals surface area contributed by atoms with Crippen LogP contribution in [0.5, 0.6) is 5.88 Å². The van der Waals surface area contributed by atoms with Crippen molar-refractivity contribution < 1.29 is 17.9 Å². The van der Waals surface area contributed by atoms with Crippen LogP contribution in [-0.2, 0) is 12.8 Å². The largest absolute Gasteiger partial charge is 0.473 e. The first-order valence-corrected chi connectivity index (χ1v) is 6.98. The van der Waals surface area contributed by atoms with Crippen LogP contribution in [-0.4, -0.2) is 25.0 Å². The summed E-state index contributed by atoms with van der Waals surface area (Å²) in [6.45, 7) is 0.0358. The Kier molecular flexibility index (Phi) is 4.34. The van der Waals surface area contributed by atoms with Crippen molar-refractivity contribution in [3.8, 4) is 11.6 Å². The number of ether oxygens (including phenoxy) is 1. The number of aromatic nitrogens is 5. The lowest BCUT2D eigenvalue weighted by Crippen LogP contribution is -2.06. The van der Waals surface area contributed by atoms with Gasteiger partial charge in [-0.3, -0.25) is 0 Å². The third-order valence-corrected chi connectivity index (χ3v) is 3.24. The predicted octanol–water partition coefficient (Wildman–Crippen LogP) is 3.31. The molecule has 2 aromatic heterocycles. The molecule has 24 heavy (non-hydrogen) atoms. The molecule has 2 heterocycles. The molecule has 0 radical (unpaired) electrons. The lowest BCUT2D eigenvalue weighted by atomic mass is 10.2. The average Bonchev–Trinajstić information content (AvgIpc) is 3.04. The fourth-order valence-electron chi connectivity index (χ4n) is 1.92. The monoisotopic (exact) mass is 355 g/mol. The molecule has 0 atom stereocenters. The molecule has 6 nitrogen and oxygen atoms in total. The summed E-state index contributed by atoms with van der Waals surface area (Å²) in [5.41, 5.74) is -0.184. The second-order valence-corrected chi connectivity index (χ2v) is 5.09. The molecule has 1 aromatic carbocycles. The highest BCUT2D eigenvalue weighted by Gasteiger charge is 2.34. The molecular formula is C14H9ClF3N5O. The summed E-state index contributed by atoms with van der Waals surface area (Å²) in [6, 6.07) is 6.21. The van der Waals surface area contributed by atoms with Crippen LogP contribution >= 0.6 is 11.6 Å². The van der Waals surface area contributed by atoms with Gasteiger partial charge in [0.15, 0.2) is 5.69 Å². The first kappa shape index (κ1) is 16.2. The van der Waals surface area contributed by atoms with Crippen LogP contribution in [0.15, 0.2) is 43.0 Å². The summed E-state index contributed by atoms with van der Waals surface area (Å²) >= 11 is 5.96. The number of alkyl halides is 3. The van der Waals surface area contributed by atoms with Gasteiger partial charge in [0.25, 0.3) is 0 Å². The van der Waals surface area contributed by atoms with Crippen LogP contribution in [0.2, 0.25) is 5.02 Å². The van der Waals surface area contributed by atoms with Crippen molar-refractivity contribution in [2.45, 2.75) is 12.8 Å². The van der Waals surface area contributed by atoms with E-state index < -0.39 is 11.9 Å². The Morgan fingerprint density at radius 3 is 2.71 bits per heavy atom. The van der Waals surface area contributed by atoms with Gasteiger partial charge in [-0.15, -0.1) is 5.10 Å². The molecule has 0 fully saturated rings. The molecule has 10 heteroatoms. The Morgan fingerprint density at radius 2 is 2.04 bits per heavy atom. The van der Waals surface area contributed by atoms with E-state index in [1.54, 1.807) is 18.2 Å². The van der Waals surface area contributed by atoms with Gasteiger partial charge in [-0.1, -0.05) is 16.8 Å². The fourth-order valence-corrected chi connectivity index (χ4v) is 2.11. The lowest BCUT2D eigenvalue weighted by Gasteiger charge is -2.10. The highest BCUT2D eigenvalue weighted by atomic mass is 35.5. The van der Waals surface area contributed by atoms with Crippen LogP contribution in [0.25, 0.3) is 5.69 Å². The Bertz CT molecular complexity index is 838. The molecule has 3 aromatic rings. The second kappa shape index (κ2) is 6.44. The molecule has 0 aliphatic rings. The van der Waals surface area contributed by atoms with E-state index in [9.17, 15) is 13.2 Å². The van der Waals surface area contributed by atoms with E-state index in [1.807, 2.05) is 0 Å². The number of rotatable bonds is 4. The first-order chi connectivity index (χ1) is 11.4. The van der Waals surface area contributed by atoms with Gasteiger partial charge in [0, 0.05) is 22.8 Å². The second-order valence-electron chi connectivity index (χ2n) is 4.66. The zero-order valence-corrected chi connectivity index (χ0v) is 12.7. The van der Waals surface area contributed by atoms with Gasteiger partial charge in [-0.25, -0.2) is 14.6 Å². The summed E-state index contributed by atoms with van der Waals surface area (Å²) in [7, 11) is 0. The predicted molar refractivity (Wildman–Crippen MR) is 77.7 cm³/mol. The van der Waals surface area contributed by atoms with E-state index in [2.05, 4.69) is 20.3 Å². The van der Waals surface area contributed by atoms with Crippen molar-refractivity contribution in [1.82, 2.24) is 25.0 Å². The molecule has 0 saturated heterocycles. The Morgan fingerprint density at radius 1 is 1.21 bits per heavy atom. The Balaban J connectivity index is 1.89. The van der Waals surface area contributed by atoms with E-state index in [4.69, 9.17) is 16.3 Å². The summed E-state index contributed by atoms with van der Waals surface area (Å²) in [6.07, 6.45) is -0.935. The highest BCUT2D eigenvalue weighted by molar-refractivity contribution is 6.30. The molecule has 3 rings (SSSR count). The highest BCUT2D eigenvalue weighted by Crippen LogP contribution is 2.28. The average molecular weight is 356 g/mol. The van der Waals surface area contributed by atoms with Gasteiger partial charge in [0.1, 0.15) is 12.9 Å². The van der Waals surface area contributed by atoms with Gasteiger partial charge < -0.3 is 4.74 Å². The zero-order valence-electron chi connectivity index (χ0n) is 11.9. The summed E-state index contributed by atoms with van der Waals surface area (Å²) < 4.78 is 44.5. The van der Waals surface area contributed by atoms with E-state index in [1.165, 1.54) is 18.6 Å². The first-order valence-electron chi connectivity index (χ1n) is 6.60. The molecule has 0 bridgehead atoms. The third kappa shape index (κ3) is 3.62. The zero-order chi connectivity index (χ0) is 17.2. The number of nitrogens with zero attached hydrogens (tertiary/aromatic N) is 5. The SMILES string of the molecule is FC(F)(F)c1cn(-c2ccc(Cl)cc2COc2ccncn2)nn1. The minimum atomic E-state index is -4.57. The Hall–Kier alpha value is -2.68. The smallest absolute Gasteiger partial charge is 0.436 e. The van der Waals surface area contributed by atoms with Crippen molar-refractivity contribution in [3.05, 3.63) is 59.3 Å². The maximum absolute atomic E-state index is 12.7. The molecule has 0 N–H and O–H groups in total. The van der Waals surface area contributed by atoms with Gasteiger partial charge in [-0.05, 0) is 18.2 Å². The number of halogens is 4. The molecule has 0 aliphatic heterocycles. The number of hydrogen-bond donors (Lipinski definition) is 0. The molecular weight excluding hydrogens is 347 g/mol. The van der Waals surface area contributed by atoms with Crippen molar-refractivity contribution in [3.63, 3.8) is 0 Å². The van der Waals surface area contributed by atoms with E-state index in [-0.39, 0.29) is 6.61 Å². The quantitative estimate of drug-likeness (QED) is 0.718. The normalized spacial score (nSPS) is 11.5. The van der Waals surface area contributed by atoms with Crippen molar-refractivity contribution >= 4 is 11.6 Å².